The van der Waals surface area contributed by atoms with E-state index in [1.165, 1.54) is 148 Å². The van der Waals surface area contributed by atoms with Gasteiger partial charge >= 0.3 is 5.97 Å². The lowest BCUT2D eigenvalue weighted by molar-refractivity contribution is -0.148. The number of aliphatic hydroxyl groups is 2. The third kappa shape index (κ3) is 37.1. The number of carbonyl (C=O) groups excluding carboxylic acids is 2. The van der Waals surface area contributed by atoms with Crippen LogP contribution in [0.3, 0.4) is 0 Å². The van der Waals surface area contributed by atoms with Gasteiger partial charge in [-0.2, -0.15) is 0 Å². The van der Waals surface area contributed by atoms with Crippen LogP contribution in [0.1, 0.15) is 239 Å². The fraction of sp³-hybridized carbons (Fsp3) is 0.872. The van der Waals surface area contributed by atoms with E-state index in [4.69, 9.17) is 4.74 Å². The lowest BCUT2D eigenvalue weighted by Gasteiger charge is -2.23. The van der Waals surface area contributed by atoms with Crippen molar-refractivity contribution in [3.63, 3.8) is 0 Å². The van der Waals surface area contributed by atoms with Crippen molar-refractivity contribution in [3.8, 4) is 0 Å². The van der Waals surface area contributed by atoms with Crippen LogP contribution in [0, 0.1) is 0 Å². The van der Waals surface area contributed by atoms with Crippen molar-refractivity contribution < 1.29 is 24.5 Å². The molecule has 3 unspecified atom stereocenters. The molecule has 0 bridgehead atoms. The minimum atomic E-state index is -0.804. The smallest absolute Gasteiger partial charge is 0.306 e. The van der Waals surface area contributed by atoms with Crippen LogP contribution in [-0.4, -0.2) is 46.9 Å². The largest absolute Gasteiger partial charge is 0.458 e. The second-order valence-corrected chi connectivity index (χ2v) is 15.8. The SMILES string of the molecule is CCCCCCCC/C=C\C/C=C/C(CC(=O)NC(CO)C(O)CCCCCCCCCCCC)OC(=O)CCCCCCCCCCCCCCC. The molecule has 53 heavy (non-hydrogen) atoms. The molecule has 0 heterocycles. The normalized spacial score (nSPS) is 13.5. The number of aliphatic hydroxyl groups excluding tert-OH is 2. The summed E-state index contributed by atoms with van der Waals surface area (Å²) < 4.78 is 5.80. The Morgan fingerprint density at radius 2 is 1.00 bits per heavy atom. The van der Waals surface area contributed by atoms with Crippen LogP contribution in [0.4, 0.5) is 0 Å². The highest BCUT2D eigenvalue weighted by Gasteiger charge is 2.23. The number of rotatable bonds is 41. The van der Waals surface area contributed by atoms with Crippen LogP contribution in [-0.2, 0) is 14.3 Å². The van der Waals surface area contributed by atoms with Crippen molar-refractivity contribution in [3.05, 3.63) is 24.3 Å². The quantitative estimate of drug-likeness (QED) is 0.0329. The Bertz CT molecular complexity index is 843. The Labute approximate surface area is 329 Å². The lowest BCUT2D eigenvalue weighted by Crippen LogP contribution is -2.46. The second kappa shape index (κ2) is 41.5. The molecular weight excluding hydrogens is 659 g/mol. The molecule has 0 aliphatic rings. The third-order valence-corrected chi connectivity index (χ3v) is 10.5. The van der Waals surface area contributed by atoms with E-state index in [0.717, 1.165) is 51.4 Å². The molecule has 3 atom stereocenters. The molecule has 0 saturated heterocycles. The number of allylic oxidation sites excluding steroid dienone is 3. The predicted molar refractivity (Wildman–Crippen MR) is 227 cm³/mol. The van der Waals surface area contributed by atoms with E-state index in [-0.39, 0.29) is 24.9 Å². The van der Waals surface area contributed by atoms with E-state index < -0.39 is 18.2 Å². The van der Waals surface area contributed by atoms with Crippen molar-refractivity contribution in [2.75, 3.05) is 6.61 Å². The van der Waals surface area contributed by atoms with Gasteiger partial charge in [-0.15, -0.1) is 0 Å². The van der Waals surface area contributed by atoms with Crippen molar-refractivity contribution in [1.82, 2.24) is 5.32 Å². The Morgan fingerprint density at radius 1 is 0.566 bits per heavy atom. The fourth-order valence-electron chi connectivity index (χ4n) is 6.98. The zero-order valence-electron chi connectivity index (χ0n) is 35.4. The van der Waals surface area contributed by atoms with Crippen LogP contribution in [0.15, 0.2) is 24.3 Å². The fourth-order valence-corrected chi connectivity index (χ4v) is 6.98. The summed E-state index contributed by atoms with van der Waals surface area (Å²) in [5, 5.41) is 23.5. The molecule has 3 N–H and O–H groups in total. The van der Waals surface area contributed by atoms with E-state index in [1.807, 2.05) is 12.2 Å². The predicted octanol–water partition coefficient (Wildman–Crippen LogP) is 13.2. The van der Waals surface area contributed by atoms with Crippen molar-refractivity contribution >= 4 is 11.9 Å². The van der Waals surface area contributed by atoms with Crippen molar-refractivity contribution in [2.24, 2.45) is 0 Å². The average Bonchev–Trinajstić information content (AvgIpc) is 3.15. The van der Waals surface area contributed by atoms with Gasteiger partial charge in [0.05, 0.1) is 25.2 Å². The molecule has 0 aliphatic carbocycles. The summed E-state index contributed by atoms with van der Waals surface area (Å²) in [6.45, 7) is 6.42. The van der Waals surface area contributed by atoms with Gasteiger partial charge in [0.2, 0.25) is 5.91 Å². The summed E-state index contributed by atoms with van der Waals surface area (Å²) in [6, 6.07) is -0.725. The number of hydrogen-bond donors (Lipinski definition) is 3. The molecule has 1 amide bonds. The maximum absolute atomic E-state index is 13.1. The van der Waals surface area contributed by atoms with Gasteiger partial charge in [0.15, 0.2) is 0 Å². The van der Waals surface area contributed by atoms with E-state index in [2.05, 4.69) is 38.2 Å². The summed E-state index contributed by atoms with van der Waals surface area (Å²) in [5.74, 6) is -0.595. The molecule has 0 aliphatic heterocycles. The summed E-state index contributed by atoms with van der Waals surface area (Å²) in [4.78, 5) is 25.9. The summed E-state index contributed by atoms with van der Waals surface area (Å²) in [5.41, 5.74) is 0. The molecule has 0 radical (unpaired) electrons. The van der Waals surface area contributed by atoms with Gasteiger partial charge in [-0.3, -0.25) is 9.59 Å². The molecule has 312 valence electrons. The Balaban J connectivity index is 4.65. The molecule has 0 aromatic carbocycles. The monoisotopic (exact) mass is 748 g/mol. The maximum atomic E-state index is 13.1. The highest BCUT2D eigenvalue weighted by molar-refractivity contribution is 5.78. The Morgan fingerprint density at radius 3 is 1.47 bits per heavy atom. The standard InChI is InChI=1S/C47H89NO5/c1-4-7-10-13-16-19-22-23-25-28-31-34-37-40-47(52)53-43(38-35-32-29-26-24-20-17-14-11-8-5-2)41-46(51)48-44(42-49)45(50)39-36-33-30-27-21-18-15-12-9-6-3/h26,29,35,38,43-45,49-50H,4-25,27-28,30-34,36-37,39-42H2,1-3H3,(H,48,51)/b29-26-,38-35+. The van der Waals surface area contributed by atoms with Crippen molar-refractivity contribution in [1.29, 1.82) is 0 Å². The zero-order chi connectivity index (χ0) is 38.9. The maximum Gasteiger partial charge on any atom is 0.306 e. The summed E-state index contributed by atoms with van der Waals surface area (Å²) in [6.07, 6.45) is 45.5. The minimum absolute atomic E-state index is 0.0240. The van der Waals surface area contributed by atoms with E-state index in [9.17, 15) is 19.8 Å². The lowest BCUT2D eigenvalue weighted by atomic mass is 10.0. The molecular formula is C47H89NO5. The number of carbonyl (C=O) groups is 2. The molecule has 0 aromatic heterocycles. The number of ether oxygens (including phenoxy) is 1. The molecule has 6 heteroatoms. The van der Waals surface area contributed by atoms with Gasteiger partial charge < -0.3 is 20.3 Å². The number of hydrogen-bond acceptors (Lipinski definition) is 5. The highest BCUT2D eigenvalue weighted by Crippen LogP contribution is 2.16. The molecule has 0 fully saturated rings. The number of amides is 1. The van der Waals surface area contributed by atoms with Crippen LogP contribution in [0.25, 0.3) is 0 Å². The number of esters is 1. The van der Waals surface area contributed by atoms with Gasteiger partial charge in [0.25, 0.3) is 0 Å². The van der Waals surface area contributed by atoms with E-state index in [1.54, 1.807) is 0 Å². The highest BCUT2D eigenvalue weighted by atomic mass is 16.5. The zero-order valence-corrected chi connectivity index (χ0v) is 35.4. The van der Waals surface area contributed by atoms with E-state index >= 15 is 0 Å². The van der Waals surface area contributed by atoms with Crippen LogP contribution < -0.4 is 5.32 Å². The molecule has 6 nitrogen and oxygen atoms in total. The summed E-state index contributed by atoms with van der Waals surface area (Å²) in [7, 11) is 0. The topological polar surface area (TPSA) is 95.9 Å². The van der Waals surface area contributed by atoms with Crippen LogP contribution in [0.2, 0.25) is 0 Å². The second-order valence-electron chi connectivity index (χ2n) is 15.8. The molecule has 0 rings (SSSR count). The molecule has 0 aromatic rings. The third-order valence-electron chi connectivity index (χ3n) is 10.5. The summed E-state index contributed by atoms with van der Waals surface area (Å²) >= 11 is 0. The van der Waals surface area contributed by atoms with Crippen molar-refractivity contribution in [2.45, 2.75) is 257 Å². The minimum Gasteiger partial charge on any atom is -0.458 e. The number of unbranched alkanes of at least 4 members (excludes halogenated alkanes) is 27. The first kappa shape index (κ1) is 51.3. The Hall–Kier alpha value is -1.66. The van der Waals surface area contributed by atoms with E-state index in [0.29, 0.717) is 12.8 Å². The van der Waals surface area contributed by atoms with Gasteiger partial charge in [0.1, 0.15) is 6.10 Å². The van der Waals surface area contributed by atoms with Gasteiger partial charge in [0, 0.05) is 6.42 Å². The van der Waals surface area contributed by atoms with Gasteiger partial charge in [-0.05, 0) is 38.2 Å². The first-order valence-electron chi connectivity index (χ1n) is 23.1. The van der Waals surface area contributed by atoms with Crippen LogP contribution >= 0.6 is 0 Å². The van der Waals surface area contributed by atoms with Gasteiger partial charge in [-0.1, -0.05) is 212 Å². The molecule has 0 spiro atoms. The first-order chi connectivity index (χ1) is 26.0. The Kier molecular flexibility index (Phi) is 40.2. The van der Waals surface area contributed by atoms with Gasteiger partial charge in [-0.25, -0.2) is 0 Å². The van der Waals surface area contributed by atoms with Crippen LogP contribution in [0.5, 0.6) is 0 Å². The average molecular weight is 748 g/mol. The number of nitrogens with one attached hydrogen (secondary N) is 1. The molecule has 0 saturated carbocycles. The first-order valence-corrected chi connectivity index (χ1v) is 23.1.